The summed E-state index contributed by atoms with van der Waals surface area (Å²) in [6, 6.07) is 16.9. The molecule has 0 amide bonds. The largest absolute Gasteiger partial charge is 0.292 e. The molecular weight excluding hydrogens is 300 g/mol. The number of hydrogen-bond acceptors (Lipinski definition) is 3. The maximum absolute atomic E-state index is 11.4. The van der Waals surface area contributed by atoms with E-state index in [1.165, 1.54) is 5.56 Å². The molecule has 0 aliphatic carbocycles. The molecule has 2 unspecified atom stereocenters. The first-order chi connectivity index (χ1) is 10.6. The number of nitro groups is 1. The molecule has 2 aromatic rings. The Morgan fingerprint density at radius 1 is 1.09 bits per heavy atom. The Morgan fingerprint density at radius 3 is 2.45 bits per heavy atom. The van der Waals surface area contributed by atoms with Crippen LogP contribution in [0.4, 0.5) is 0 Å². The number of hydrogen-bond donors (Lipinski definition) is 0. The molecule has 2 atom stereocenters. The molecule has 0 aromatic heterocycles. The van der Waals surface area contributed by atoms with Crippen LogP contribution in [0, 0.1) is 10.1 Å². The quantitative estimate of drug-likeness (QED) is 0.639. The van der Waals surface area contributed by atoms with Crippen molar-refractivity contribution in [2.24, 2.45) is 0 Å². The van der Waals surface area contributed by atoms with Gasteiger partial charge in [-0.15, -0.1) is 0 Å². The fraction of sp³-hybridized carbons (Fsp3) is 0.294. The summed E-state index contributed by atoms with van der Waals surface area (Å²) in [5.41, 5.74) is 2.05. The van der Waals surface area contributed by atoms with E-state index < -0.39 is 6.04 Å². The zero-order valence-corrected chi connectivity index (χ0v) is 12.8. The third kappa shape index (κ3) is 3.13. The number of likely N-dealkylation sites (tertiary alicyclic amines) is 1. The molecule has 0 radical (unpaired) electrons. The summed E-state index contributed by atoms with van der Waals surface area (Å²) in [4.78, 5) is 13.4. The lowest BCUT2D eigenvalue weighted by molar-refractivity contribution is -0.521. The Morgan fingerprint density at radius 2 is 1.77 bits per heavy atom. The molecular formula is C17H17ClN2O2. The van der Waals surface area contributed by atoms with Crippen molar-refractivity contribution in [3.63, 3.8) is 0 Å². The number of halogens is 1. The van der Waals surface area contributed by atoms with Crippen LogP contribution in [0.15, 0.2) is 54.6 Å². The van der Waals surface area contributed by atoms with Gasteiger partial charge in [-0.2, -0.15) is 0 Å². The highest BCUT2D eigenvalue weighted by Crippen LogP contribution is 2.34. The zero-order chi connectivity index (χ0) is 15.5. The van der Waals surface area contributed by atoms with E-state index in [1.54, 1.807) is 6.07 Å². The average molecular weight is 317 g/mol. The molecule has 114 valence electrons. The third-order valence-corrected chi connectivity index (χ3v) is 4.53. The summed E-state index contributed by atoms with van der Waals surface area (Å²) in [5.74, 6) is -0.160. The van der Waals surface area contributed by atoms with Crippen molar-refractivity contribution >= 4 is 11.6 Å². The summed E-state index contributed by atoms with van der Waals surface area (Å²) >= 11 is 6.24. The molecule has 2 aromatic carbocycles. The molecule has 0 bridgehead atoms. The highest BCUT2D eigenvalue weighted by Gasteiger charge is 2.42. The van der Waals surface area contributed by atoms with Crippen molar-refractivity contribution in [3.8, 4) is 0 Å². The smallest absolute Gasteiger partial charge is 0.233 e. The standard InChI is InChI=1S/C17H17ClN2O2/c18-16-9-5-4-8-14(16)15-11-19(12-17(15)20(21)22)10-13-6-2-1-3-7-13/h1-9,15,17H,10-12H2. The molecule has 1 aliphatic heterocycles. The molecule has 0 saturated carbocycles. The predicted molar refractivity (Wildman–Crippen MR) is 86.7 cm³/mol. The van der Waals surface area contributed by atoms with E-state index in [9.17, 15) is 10.1 Å². The van der Waals surface area contributed by atoms with Crippen LogP contribution < -0.4 is 0 Å². The predicted octanol–water partition coefficient (Wildman–Crippen LogP) is 3.58. The molecule has 1 saturated heterocycles. The summed E-state index contributed by atoms with van der Waals surface area (Å²) in [7, 11) is 0. The van der Waals surface area contributed by atoms with Crippen molar-refractivity contribution in [2.75, 3.05) is 13.1 Å². The summed E-state index contributed by atoms with van der Waals surface area (Å²) in [6.07, 6.45) is 0. The highest BCUT2D eigenvalue weighted by molar-refractivity contribution is 6.31. The van der Waals surface area contributed by atoms with Crippen LogP contribution in [0.5, 0.6) is 0 Å². The van der Waals surface area contributed by atoms with Gasteiger partial charge >= 0.3 is 0 Å². The van der Waals surface area contributed by atoms with Gasteiger partial charge < -0.3 is 0 Å². The Balaban J connectivity index is 1.81. The van der Waals surface area contributed by atoms with Gasteiger partial charge in [-0.1, -0.05) is 60.1 Å². The second-order valence-corrected chi connectivity index (χ2v) is 6.07. The second-order valence-electron chi connectivity index (χ2n) is 5.66. The first-order valence-electron chi connectivity index (χ1n) is 7.29. The minimum Gasteiger partial charge on any atom is -0.292 e. The van der Waals surface area contributed by atoms with Gasteiger partial charge in [0.25, 0.3) is 0 Å². The fourth-order valence-corrected chi connectivity index (χ4v) is 3.41. The molecule has 22 heavy (non-hydrogen) atoms. The van der Waals surface area contributed by atoms with E-state index in [-0.39, 0.29) is 10.8 Å². The topological polar surface area (TPSA) is 46.4 Å². The lowest BCUT2D eigenvalue weighted by Gasteiger charge is -2.15. The molecule has 1 fully saturated rings. The van der Waals surface area contributed by atoms with Crippen LogP contribution in [0.25, 0.3) is 0 Å². The maximum atomic E-state index is 11.4. The lowest BCUT2D eigenvalue weighted by atomic mass is 9.95. The third-order valence-electron chi connectivity index (χ3n) is 4.19. The van der Waals surface area contributed by atoms with Crippen LogP contribution in [0.1, 0.15) is 17.0 Å². The lowest BCUT2D eigenvalue weighted by Crippen LogP contribution is -2.28. The van der Waals surface area contributed by atoms with E-state index in [1.807, 2.05) is 48.5 Å². The molecule has 1 aliphatic rings. The Kier molecular flexibility index (Phi) is 4.41. The number of benzene rings is 2. The minimum atomic E-state index is -0.608. The van der Waals surface area contributed by atoms with Crippen molar-refractivity contribution < 1.29 is 4.92 Å². The Hall–Kier alpha value is -1.91. The summed E-state index contributed by atoms with van der Waals surface area (Å²) in [5, 5.41) is 12.0. The normalized spacial score (nSPS) is 21.9. The van der Waals surface area contributed by atoms with Crippen LogP contribution in [-0.2, 0) is 6.54 Å². The first-order valence-corrected chi connectivity index (χ1v) is 7.67. The molecule has 1 heterocycles. The number of rotatable bonds is 4. The van der Waals surface area contributed by atoms with Gasteiger partial charge in [0.15, 0.2) is 0 Å². The van der Waals surface area contributed by atoms with Crippen LogP contribution >= 0.6 is 11.6 Å². The van der Waals surface area contributed by atoms with Crippen molar-refractivity contribution in [1.82, 2.24) is 4.90 Å². The second kappa shape index (κ2) is 6.46. The van der Waals surface area contributed by atoms with Crippen molar-refractivity contribution in [3.05, 3.63) is 80.9 Å². The van der Waals surface area contributed by atoms with Gasteiger partial charge in [-0.3, -0.25) is 15.0 Å². The monoisotopic (exact) mass is 316 g/mol. The van der Waals surface area contributed by atoms with E-state index in [4.69, 9.17) is 11.6 Å². The fourth-order valence-electron chi connectivity index (χ4n) is 3.13. The van der Waals surface area contributed by atoms with Gasteiger partial charge in [-0.05, 0) is 17.2 Å². The van der Waals surface area contributed by atoms with Crippen LogP contribution in [0.2, 0.25) is 5.02 Å². The molecule has 0 N–H and O–H groups in total. The molecule has 3 rings (SSSR count). The summed E-state index contributed by atoms with van der Waals surface area (Å²) in [6.45, 7) is 1.84. The van der Waals surface area contributed by atoms with Gasteiger partial charge in [0.2, 0.25) is 6.04 Å². The van der Waals surface area contributed by atoms with Crippen molar-refractivity contribution in [2.45, 2.75) is 18.5 Å². The number of nitrogens with zero attached hydrogens (tertiary/aromatic N) is 2. The Labute approximate surface area is 134 Å². The average Bonchev–Trinajstić information content (AvgIpc) is 2.92. The van der Waals surface area contributed by atoms with E-state index >= 15 is 0 Å². The first kappa shape index (κ1) is 15.0. The molecule has 0 spiro atoms. The van der Waals surface area contributed by atoms with Crippen LogP contribution in [-0.4, -0.2) is 29.0 Å². The van der Waals surface area contributed by atoms with Crippen molar-refractivity contribution in [1.29, 1.82) is 0 Å². The highest BCUT2D eigenvalue weighted by atomic mass is 35.5. The van der Waals surface area contributed by atoms with E-state index in [0.717, 1.165) is 12.1 Å². The van der Waals surface area contributed by atoms with Gasteiger partial charge in [-0.25, -0.2) is 0 Å². The molecule has 5 heteroatoms. The van der Waals surface area contributed by atoms with Crippen LogP contribution in [0.3, 0.4) is 0 Å². The summed E-state index contributed by atoms with van der Waals surface area (Å²) < 4.78 is 0. The Bertz CT molecular complexity index is 663. The maximum Gasteiger partial charge on any atom is 0.233 e. The van der Waals surface area contributed by atoms with E-state index in [0.29, 0.717) is 18.1 Å². The van der Waals surface area contributed by atoms with Gasteiger partial charge in [0.1, 0.15) is 0 Å². The van der Waals surface area contributed by atoms with Gasteiger partial charge in [0, 0.05) is 23.0 Å². The minimum absolute atomic E-state index is 0.160. The zero-order valence-electron chi connectivity index (χ0n) is 12.1. The molecule has 4 nitrogen and oxygen atoms in total. The SMILES string of the molecule is O=[N+]([O-])C1CN(Cc2ccccc2)CC1c1ccccc1Cl. The van der Waals surface area contributed by atoms with E-state index in [2.05, 4.69) is 4.90 Å². The van der Waals surface area contributed by atoms with Gasteiger partial charge in [0.05, 0.1) is 12.5 Å².